The van der Waals surface area contributed by atoms with Crippen LogP contribution in [0.2, 0.25) is 0 Å². The van der Waals surface area contributed by atoms with Crippen molar-refractivity contribution in [2.75, 3.05) is 11.6 Å². The second kappa shape index (κ2) is 6.34. The van der Waals surface area contributed by atoms with Gasteiger partial charge in [0.15, 0.2) is 10.9 Å². The van der Waals surface area contributed by atoms with Crippen molar-refractivity contribution in [1.29, 1.82) is 0 Å². The molecular formula is C20H20FN3O2S. The average molecular weight is 385 g/mol. The van der Waals surface area contributed by atoms with Crippen molar-refractivity contribution >= 4 is 23.4 Å². The van der Waals surface area contributed by atoms with Crippen LogP contribution in [0.4, 0.5) is 10.2 Å². The summed E-state index contributed by atoms with van der Waals surface area (Å²) in [5.41, 5.74) is 2.07. The molecule has 1 aliphatic heterocycles. The second-order valence-electron chi connectivity index (χ2n) is 7.78. The Morgan fingerprint density at radius 3 is 2.56 bits per heavy atom. The van der Waals surface area contributed by atoms with Gasteiger partial charge in [0.25, 0.3) is 5.56 Å². The Balaban J connectivity index is 1.97. The topological polar surface area (TPSA) is 74.8 Å². The quantitative estimate of drug-likeness (QED) is 0.607. The smallest absolute Gasteiger partial charge is 0.257 e. The zero-order valence-electron chi connectivity index (χ0n) is 15.4. The number of anilines is 1. The van der Waals surface area contributed by atoms with E-state index in [1.807, 2.05) is 6.26 Å². The molecule has 140 valence electrons. The van der Waals surface area contributed by atoms with E-state index in [0.717, 1.165) is 5.70 Å². The summed E-state index contributed by atoms with van der Waals surface area (Å²) in [6.45, 7) is 4.11. The molecule has 2 aliphatic rings. The molecule has 0 fully saturated rings. The van der Waals surface area contributed by atoms with Crippen molar-refractivity contribution in [2.45, 2.75) is 37.8 Å². The van der Waals surface area contributed by atoms with Crippen LogP contribution in [-0.4, -0.2) is 22.0 Å². The predicted octanol–water partition coefficient (Wildman–Crippen LogP) is 3.83. The highest BCUT2D eigenvalue weighted by molar-refractivity contribution is 7.98. The fourth-order valence-corrected chi connectivity index (χ4v) is 4.36. The molecule has 1 atom stereocenters. The molecule has 5 nitrogen and oxygen atoms in total. The van der Waals surface area contributed by atoms with Gasteiger partial charge in [-0.2, -0.15) is 0 Å². The molecule has 1 aromatic carbocycles. The third-order valence-electron chi connectivity index (χ3n) is 5.10. The molecule has 0 unspecified atom stereocenters. The summed E-state index contributed by atoms with van der Waals surface area (Å²) >= 11 is 1.35. The second-order valence-corrected chi connectivity index (χ2v) is 8.58. The highest BCUT2D eigenvalue weighted by Crippen LogP contribution is 2.47. The van der Waals surface area contributed by atoms with Gasteiger partial charge in [-0.15, -0.1) is 0 Å². The van der Waals surface area contributed by atoms with E-state index in [9.17, 15) is 14.0 Å². The molecule has 0 bridgehead atoms. The number of Topliss-reactive ketones (excluding diaryl/α,β-unsaturated/α-hetero) is 1. The lowest BCUT2D eigenvalue weighted by Gasteiger charge is -2.38. The number of hydrogen-bond acceptors (Lipinski definition) is 5. The van der Waals surface area contributed by atoms with Gasteiger partial charge >= 0.3 is 0 Å². The number of carbonyl (C=O) groups is 1. The molecule has 0 spiro atoms. The van der Waals surface area contributed by atoms with Crippen LogP contribution in [-0.2, 0) is 4.79 Å². The van der Waals surface area contributed by atoms with E-state index in [2.05, 4.69) is 29.1 Å². The average Bonchev–Trinajstić information content (AvgIpc) is 2.59. The standard InChI is InChI=1S/C20H20FN3O2S/c1-20(2)8-12-15(13(25)9-20)14(10-4-6-11(21)7-5-10)16-17(22-12)23-19(27-3)24-18(16)26/h4-7,14H,8-9H2,1-3H3,(H2,22,23,24,26)/t14-/m1/s1. The first kappa shape index (κ1) is 18.0. The number of allylic oxidation sites excluding steroid dienone is 2. The van der Waals surface area contributed by atoms with E-state index in [-0.39, 0.29) is 22.6 Å². The van der Waals surface area contributed by atoms with Crippen molar-refractivity contribution in [3.63, 3.8) is 0 Å². The minimum absolute atomic E-state index is 0.0158. The Morgan fingerprint density at radius 2 is 1.89 bits per heavy atom. The number of benzene rings is 1. The van der Waals surface area contributed by atoms with E-state index in [0.29, 0.717) is 40.5 Å². The van der Waals surface area contributed by atoms with Gasteiger partial charge in [0.05, 0.1) is 5.56 Å². The fourth-order valence-electron chi connectivity index (χ4n) is 3.98. The van der Waals surface area contributed by atoms with Crippen LogP contribution < -0.4 is 10.9 Å². The molecule has 1 aliphatic carbocycles. The molecule has 27 heavy (non-hydrogen) atoms. The first-order valence-corrected chi connectivity index (χ1v) is 9.98. The van der Waals surface area contributed by atoms with Crippen molar-refractivity contribution in [3.05, 3.63) is 62.8 Å². The van der Waals surface area contributed by atoms with Crippen LogP contribution in [0.15, 0.2) is 45.5 Å². The Morgan fingerprint density at radius 1 is 1.19 bits per heavy atom. The fraction of sp³-hybridized carbons (Fsp3) is 0.350. The number of fused-ring (bicyclic) bond motifs is 1. The molecule has 2 heterocycles. The van der Waals surface area contributed by atoms with Gasteiger partial charge < -0.3 is 10.3 Å². The molecular weight excluding hydrogens is 365 g/mol. The number of aromatic amines is 1. The highest BCUT2D eigenvalue weighted by Gasteiger charge is 2.42. The summed E-state index contributed by atoms with van der Waals surface area (Å²) in [5, 5.41) is 3.76. The SMILES string of the molecule is CSc1nc2c(c(=O)[nH]1)[C@H](c1ccc(F)cc1)C1=C(CC(C)(C)CC1=O)N2. The van der Waals surface area contributed by atoms with Crippen molar-refractivity contribution in [2.24, 2.45) is 5.41 Å². The number of halogens is 1. The molecule has 2 N–H and O–H groups in total. The van der Waals surface area contributed by atoms with Gasteiger partial charge in [-0.05, 0) is 35.8 Å². The van der Waals surface area contributed by atoms with E-state index in [1.54, 1.807) is 12.1 Å². The molecule has 0 radical (unpaired) electrons. The Labute approximate surface area is 160 Å². The van der Waals surface area contributed by atoms with Gasteiger partial charge in [-0.1, -0.05) is 37.7 Å². The summed E-state index contributed by atoms with van der Waals surface area (Å²) in [5.74, 6) is -0.417. The summed E-state index contributed by atoms with van der Waals surface area (Å²) < 4.78 is 13.5. The van der Waals surface area contributed by atoms with E-state index in [4.69, 9.17) is 0 Å². The molecule has 7 heteroatoms. The number of nitrogens with zero attached hydrogens (tertiary/aromatic N) is 1. The number of hydrogen-bond donors (Lipinski definition) is 2. The zero-order valence-corrected chi connectivity index (χ0v) is 16.2. The molecule has 0 saturated heterocycles. The van der Waals surface area contributed by atoms with E-state index in [1.165, 1.54) is 23.9 Å². The molecule has 4 rings (SSSR count). The third kappa shape index (κ3) is 3.10. The van der Waals surface area contributed by atoms with Crippen LogP contribution in [0.3, 0.4) is 0 Å². The summed E-state index contributed by atoms with van der Waals surface area (Å²) in [6, 6.07) is 5.97. The Kier molecular flexibility index (Phi) is 4.22. The zero-order chi connectivity index (χ0) is 19.3. The number of thioether (sulfide) groups is 1. The Bertz CT molecular complexity index is 1020. The van der Waals surface area contributed by atoms with Crippen LogP contribution >= 0.6 is 11.8 Å². The van der Waals surface area contributed by atoms with Gasteiger partial charge in [-0.3, -0.25) is 9.59 Å². The lowest BCUT2D eigenvalue weighted by atomic mass is 9.69. The lowest BCUT2D eigenvalue weighted by Crippen LogP contribution is -2.37. The first-order chi connectivity index (χ1) is 12.8. The van der Waals surface area contributed by atoms with Crippen LogP contribution in [0.25, 0.3) is 0 Å². The maximum atomic E-state index is 13.5. The Hall–Kier alpha value is -2.41. The van der Waals surface area contributed by atoms with Gasteiger partial charge in [0, 0.05) is 23.6 Å². The van der Waals surface area contributed by atoms with Crippen molar-refractivity contribution in [1.82, 2.24) is 9.97 Å². The number of carbonyl (C=O) groups excluding carboxylic acids is 1. The van der Waals surface area contributed by atoms with Crippen molar-refractivity contribution in [3.8, 4) is 0 Å². The summed E-state index contributed by atoms with van der Waals surface area (Å²) in [6.07, 6.45) is 2.94. The maximum Gasteiger partial charge on any atom is 0.257 e. The number of H-pyrrole nitrogens is 1. The van der Waals surface area contributed by atoms with Crippen LogP contribution in [0, 0.1) is 11.2 Å². The number of ketones is 1. The monoisotopic (exact) mass is 385 g/mol. The maximum absolute atomic E-state index is 13.5. The number of rotatable bonds is 2. The number of aromatic nitrogens is 2. The molecule has 1 aromatic heterocycles. The molecule has 0 amide bonds. The van der Waals surface area contributed by atoms with Gasteiger partial charge in [-0.25, -0.2) is 9.37 Å². The van der Waals surface area contributed by atoms with E-state index < -0.39 is 5.92 Å². The number of nitrogens with one attached hydrogen (secondary N) is 2. The summed E-state index contributed by atoms with van der Waals surface area (Å²) in [7, 11) is 0. The predicted molar refractivity (Wildman–Crippen MR) is 104 cm³/mol. The third-order valence-corrected chi connectivity index (χ3v) is 5.68. The van der Waals surface area contributed by atoms with Crippen LogP contribution in [0.5, 0.6) is 0 Å². The normalized spacial score (nSPS) is 20.7. The van der Waals surface area contributed by atoms with Crippen LogP contribution in [0.1, 0.15) is 43.7 Å². The lowest BCUT2D eigenvalue weighted by molar-refractivity contribution is -0.118. The van der Waals surface area contributed by atoms with Crippen molar-refractivity contribution < 1.29 is 9.18 Å². The van der Waals surface area contributed by atoms with E-state index >= 15 is 0 Å². The van der Waals surface area contributed by atoms with Gasteiger partial charge in [0.2, 0.25) is 0 Å². The largest absolute Gasteiger partial charge is 0.343 e. The highest BCUT2D eigenvalue weighted by atomic mass is 32.2. The summed E-state index contributed by atoms with van der Waals surface area (Å²) in [4.78, 5) is 33.2. The minimum Gasteiger partial charge on any atom is -0.343 e. The minimum atomic E-state index is -0.549. The molecule has 0 saturated carbocycles. The first-order valence-electron chi connectivity index (χ1n) is 8.76. The van der Waals surface area contributed by atoms with Gasteiger partial charge in [0.1, 0.15) is 11.6 Å². The molecule has 2 aromatic rings.